The molecule has 0 radical (unpaired) electrons. The number of nitrogens with one attached hydrogen (secondary N) is 1. The number of hydrogen-bond acceptors (Lipinski definition) is 4. The van der Waals surface area contributed by atoms with Gasteiger partial charge in [-0.15, -0.1) is 0 Å². The number of likely N-dealkylation sites (N-methyl/N-ethyl adjacent to an activating group) is 1. The second-order valence-electron chi connectivity index (χ2n) is 7.82. The monoisotopic (exact) mass is 364 g/mol. The van der Waals surface area contributed by atoms with E-state index in [4.69, 9.17) is 0 Å². The largest absolute Gasteiger partial charge is 0.358 e. The van der Waals surface area contributed by atoms with Gasteiger partial charge in [-0.1, -0.05) is 24.3 Å². The molecule has 2 unspecified atom stereocenters. The van der Waals surface area contributed by atoms with Crippen LogP contribution in [0.5, 0.6) is 0 Å². The quantitative estimate of drug-likeness (QED) is 0.856. The lowest BCUT2D eigenvalue weighted by molar-refractivity contribution is -0.131. The average molecular weight is 364 g/mol. The van der Waals surface area contributed by atoms with E-state index in [2.05, 4.69) is 33.4 Å². The van der Waals surface area contributed by atoms with E-state index in [0.717, 1.165) is 24.1 Å². The van der Waals surface area contributed by atoms with Crippen LogP contribution in [-0.2, 0) is 11.3 Å². The van der Waals surface area contributed by atoms with Crippen LogP contribution in [0.1, 0.15) is 31.2 Å². The van der Waals surface area contributed by atoms with Crippen LogP contribution in [0.15, 0.2) is 54.9 Å². The number of aromatic nitrogens is 1. The van der Waals surface area contributed by atoms with Crippen molar-refractivity contribution in [1.82, 2.24) is 15.2 Å². The van der Waals surface area contributed by atoms with Gasteiger partial charge in [0.15, 0.2) is 0 Å². The van der Waals surface area contributed by atoms with Crippen molar-refractivity contribution in [3.63, 3.8) is 0 Å². The molecule has 1 aromatic carbocycles. The molecule has 2 aliphatic heterocycles. The number of para-hydroxylation sites is 1. The van der Waals surface area contributed by atoms with Crippen LogP contribution in [-0.4, -0.2) is 47.5 Å². The third-order valence-electron chi connectivity index (χ3n) is 5.93. The number of anilines is 1. The number of fused-ring (bicyclic) bond motifs is 2. The predicted molar refractivity (Wildman–Crippen MR) is 107 cm³/mol. The summed E-state index contributed by atoms with van der Waals surface area (Å²) in [6, 6.07) is 15.7. The fourth-order valence-electron chi connectivity index (χ4n) is 4.41. The summed E-state index contributed by atoms with van der Waals surface area (Å²) < 4.78 is 0. The van der Waals surface area contributed by atoms with Gasteiger partial charge in [0.2, 0.25) is 5.91 Å². The Kier molecular flexibility index (Phi) is 5.39. The van der Waals surface area contributed by atoms with E-state index in [9.17, 15) is 4.79 Å². The molecule has 1 amide bonds. The first-order chi connectivity index (χ1) is 13.2. The Balaban J connectivity index is 1.46. The molecular weight excluding hydrogens is 336 g/mol. The summed E-state index contributed by atoms with van der Waals surface area (Å²) in [6.45, 7) is 1.06. The number of amides is 1. The topological polar surface area (TPSA) is 48.5 Å². The summed E-state index contributed by atoms with van der Waals surface area (Å²) in [6.07, 6.45) is 8.30. The van der Waals surface area contributed by atoms with Gasteiger partial charge in [0.05, 0.1) is 6.54 Å². The lowest BCUT2D eigenvalue weighted by Gasteiger charge is -2.37. The molecular formula is C22H28N4O. The Hall–Kier alpha value is -2.40. The summed E-state index contributed by atoms with van der Waals surface area (Å²) in [5.41, 5.74) is 2.17. The SMILES string of the molecule is CN(C(=O)CN(Cc1cccnc1)c1ccccc1)C1CC2CCC(C1)N2. The molecule has 0 saturated carbocycles. The fourth-order valence-corrected chi connectivity index (χ4v) is 4.41. The van der Waals surface area contributed by atoms with Gasteiger partial charge in [-0.25, -0.2) is 0 Å². The molecule has 4 rings (SSSR count). The van der Waals surface area contributed by atoms with Crippen LogP contribution < -0.4 is 10.2 Å². The highest BCUT2D eigenvalue weighted by molar-refractivity contribution is 5.81. The number of piperidine rings is 1. The van der Waals surface area contributed by atoms with Gasteiger partial charge in [-0.05, 0) is 49.4 Å². The average Bonchev–Trinajstić information content (AvgIpc) is 3.06. The molecule has 2 aliphatic rings. The van der Waals surface area contributed by atoms with E-state index in [1.807, 2.05) is 42.4 Å². The van der Waals surface area contributed by atoms with Gasteiger partial charge in [0, 0.05) is 49.8 Å². The number of carbonyl (C=O) groups excluding carboxylic acids is 1. The molecule has 5 nitrogen and oxygen atoms in total. The minimum Gasteiger partial charge on any atom is -0.358 e. The van der Waals surface area contributed by atoms with Gasteiger partial charge in [0.25, 0.3) is 0 Å². The molecule has 27 heavy (non-hydrogen) atoms. The van der Waals surface area contributed by atoms with E-state index in [-0.39, 0.29) is 5.91 Å². The van der Waals surface area contributed by atoms with E-state index in [1.165, 1.54) is 12.8 Å². The van der Waals surface area contributed by atoms with Gasteiger partial charge in [-0.3, -0.25) is 9.78 Å². The lowest BCUT2D eigenvalue weighted by Crippen LogP contribution is -2.50. The van der Waals surface area contributed by atoms with Crippen LogP contribution >= 0.6 is 0 Å². The molecule has 2 aromatic rings. The lowest BCUT2D eigenvalue weighted by atomic mass is 9.98. The summed E-state index contributed by atoms with van der Waals surface area (Å²) in [5, 5.41) is 3.66. The zero-order chi connectivity index (χ0) is 18.6. The number of benzene rings is 1. The van der Waals surface area contributed by atoms with Crippen molar-refractivity contribution in [2.24, 2.45) is 0 Å². The smallest absolute Gasteiger partial charge is 0.242 e. The molecule has 0 aliphatic carbocycles. The Morgan fingerprint density at radius 1 is 1.11 bits per heavy atom. The van der Waals surface area contributed by atoms with Gasteiger partial charge >= 0.3 is 0 Å². The van der Waals surface area contributed by atoms with E-state index in [0.29, 0.717) is 31.2 Å². The fraction of sp³-hybridized carbons (Fsp3) is 0.455. The van der Waals surface area contributed by atoms with Crippen LogP contribution in [0.25, 0.3) is 0 Å². The zero-order valence-electron chi connectivity index (χ0n) is 15.9. The van der Waals surface area contributed by atoms with Crippen molar-refractivity contribution < 1.29 is 4.79 Å². The van der Waals surface area contributed by atoms with Crippen molar-refractivity contribution in [1.29, 1.82) is 0 Å². The van der Waals surface area contributed by atoms with Crippen LogP contribution in [0.2, 0.25) is 0 Å². The molecule has 0 spiro atoms. The minimum absolute atomic E-state index is 0.189. The first-order valence-corrected chi connectivity index (χ1v) is 9.89. The van der Waals surface area contributed by atoms with Crippen LogP contribution in [0, 0.1) is 0 Å². The predicted octanol–water partition coefficient (Wildman–Crippen LogP) is 2.83. The number of rotatable bonds is 6. The minimum atomic E-state index is 0.189. The van der Waals surface area contributed by atoms with E-state index in [1.54, 1.807) is 6.20 Å². The number of pyridine rings is 1. The van der Waals surface area contributed by atoms with E-state index >= 15 is 0 Å². The summed E-state index contributed by atoms with van der Waals surface area (Å²) >= 11 is 0. The molecule has 3 heterocycles. The highest BCUT2D eigenvalue weighted by Crippen LogP contribution is 2.29. The number of hydrogen-bond donors (Lipinski definition) is 1. The first-order valence-electron chi connectivity index (χ1n) is 9.89. The molecule has 2 atom stereocenters. The molecule has 5 heteroatoms. The Labute approximate surface area is 161 Å². The number of carbonyl (C=O) groups is 1. The summed E-state index contributed by atoms with van der Waals surface area (Å²) in [4.78, 5) is 21.4. The third kappa shape index (κ3) is 4.30. The maximum absolute atomic E-state index is 13.1. The maximum atomic E-state index is 13.1. The normalized spacial score (nSPS) is 23.8. The van der Waals surface area contributed by atoms with Crippen molar-refractivity contribution in [3.8, 4) is 0 Å². The second kappa shape index (κ2) is 8.09. The van der Waals surface area contributed by atoms with Crippen molar-refractivity contribution in [2.45, 2.75) is 50.4 Å². The van der Waals surface area contributed by atoms with E-state index < -0.39 is 0 Å². The molecule has 1 aromatic heterocycles. The molecule has 2 bridgehead atoms. The van der Waals surface area contributed by atoms with Crippen molar-refractivity contribution >= 4 is 11.6 Å². The highest BCUT2D eigenvalue weighted by Gasteiger charge is 2.36. The van der Waals surface area contributed by atoms with Gasteiger partial charge in [0.1, 0.15) is 0 Å². The zero-order valence-corrected chi connectivity index (χ0v) is 15.9. The highest BCUT2D eigenvalue weighted by atomic mass is 16.2. The Bertz CT molecular complexity index is 739. The molecule has 1 N–H and O–H groups in total. The van der Waals surface area contributed by atoms with Crippen LogP contribution in [0.3, 0.4) is 0 Å². The van der Waals surface area contributed by atoms with Crippen LogP contribution in [0.4, 0.5) is 5.69 Å². The van der Waals surface area contributed by atoms with Gasteiger partial charge < -0.3 is 15.1 Å². The second-order valence-corrected chi connectivity index (χ2v) is 7.82. The van der Waals surface area contributed by atoms with Crippen molar-refractivity contribution in [3.05, 3.63) is 60.4 Å². The first kappa shape index (κ1) is 18.0. The standard InChI is InChI=1S/C22H28N4O/c1-25(21-12-18-9-10-19(13-21)24-18)22(27)16-26(20-7-3-2-4-8-20)15-17-6-5-11-23-14-17/h2-8,11,14,18-19,21,24H,9-10,12-13,15-16H2,1H3. The Morgan fingerprint density at radius 2 is 1.85 bits per heavy atom. The maximum Gasteiger partial charge on any atom is 0.242 e. The molecule has 2 fully saturated rings. The summed E-state index contributed by atoms with van der Waals surface area (Å²) in [7, 11) is 1.98. The van der Waals surface area contributed by atoms with Crippen molar-refractivity contribution in [2.75, 3.05) is 18.5 Å². The molecule has 2 saturated heterocycles. The van der Waals surface area contributed by atoms with Gasteiger partial charge in [-0.2, -0.15) is 0 Å². The third-order valence-corrected chi connectivity index (χ3v) is 5.93. The summed E-state index contributed by atoms with van der Waals surface area (Å²) in [5.74, 6) is 0.189. The number of nitrogens with zero attached hydrogens (tertiary/aromatic N) is 3. The molecule has 142 valence electrons. The Morgan fingerprint density at radius 3 is 2.52 bits per heavy atom.